The van der Waals surface area contributed by atoms with Gasteiger partial charge < -0.3 is 19.7 Å². The van der Waals surface area contributed by atoms with Gasteiger partial charge in [0.05, 0.1) is 34.1 Å². The number of ether oxygens (including phenoxy) is 1. The third kappa shape index (κ3) is 5.31. The number of piperidine rings is 1. The Labute approximate surface area is 204 Å². The smallest absolute Gasteiger partial charge is 0.418 e. The highest BCUT2D eigenvalue weighted by Gasteiger charge is 2.40. The van der Waals surface area contributed by atoms with Crippen LogP contribution in [0, 0.1) is 0 Å². The van der Waals surface area contributed by atoms with Crippen LogP contribution in [0.1, 0.15) is 56.3 Å². The third-order valence-electron chi connectivity index (χ3n) is 6.45. The molecule has 3 unspecified atom stereocenters. The summed E-state index contributed by atoms with van der Waals surface area (Å²) in [5.74, 6) is -0.0121. The van der Waals surface area contributed by atoms with E-state index in [2.05, 4.69) is 10.3 Å². The van der Waals surface area contributed by atoms with Crippen molar-refractivity contribution in [2.24, 2.45) is 0 Å². The molecular weight excluding hydrogens is 488 g/mol. The summed E-state index contributed by atoms with van der Waals surface area (Å²) in [6.07, 6.45) is -7.38. The molecule has 0 radical (unpaired) electrons. The molecular formula is C25H27F6N3O2. The average molecular weight is 515 g/mol. The molecule has 0 saturated carbocycles. The molecule has 5 nitrogen and oxygen atoms in total. The maximum Gasteiger partial charge on any atom is 0.418 e. The lowest BCUT2D eigenvalue weighted by molar-refractivity contribution is -0.138. The first-order valence-corrected chi connectivity index (χ1v) is 11.5. The largest absolute Gasteiger partial charge is 0.492 e. The molecule has 0 aliphatic carbocycles. The number of hydrogen-bond donors (Lipinski definition) is 2. The number of nitrogens with zero attached hydrogens (tertiary/aromatic N) is 2. The highest BCUT2D eigenvalue weighted by Crippen LogP contribution is 2.40. The minimum absolute atomic E-state index is 0.0121. The Morgan fingerprint density at radius 2 is 1.75 bits per heavy atom. The first-order chi connectivity index (χ1) is 16.7. The van der Waals surface area contributed by atoms with Gasteiger partial charge in [-0.15, -0.1) is 0 Å². The van der Waals surface area contributed by atoms with E-state index in [0.29, 0.717) is 5.56 Å². The number of alkyl halides is 6. The van der Waals surface area contributed by atoms with Crippen LogP contribution in [0.25, 0.3) is 11.0 Å². The third-order valence-corrected chi connectivity index (χ3v) is 6.45. The average Bonchev–Trinajstić information content (AvgIpc) is 3.19. The van der Waals surface area contributed by atoms with Gasteiger partial charge >= 0.3 is 12.4 Å². The zero-order valence-corrected chi connectivity index (χ0v) is 19.9. The molecule has 1 aromatic heterocycles. The Kier molecular flexibility index (Phi) is 6.76. The summed E-state index contributed by atoms with van der Waals surface area (Å²) in [5.41, 5.74) is -2.61. The first-order valence-electron chi connectivity index (χ1n) is 11.5. The van der Waals surface area contributed by atoms with Crippen molar-refractivity contribution >= 4 is 11.0 Å². The summed E-state index contributed by atoms with van der Waals surface area (Å²) in [6, 6.07) is 5.86. The van der Waals surface area contributed by atoms with Crippen LogP contribution in [0.4, 0.5) is 26.3 Å². The maximum atomic E-state index is 13.8. The van der Waals surface area contributed by atoms with Crippen LogP contribution in [0.5, 0.6) is 5.75 Å². The van der Waals surface area contributed by atoms with Crippen LogP contribution in [0.3, 0.4) is 0 Å². The molecule has 1 aliphatic heterocycles. The van der Waals surface area contributed by atoms with E-state index in [1.165, 1.54) is 29.1 Å². The van der Waals surface area contributed by atoms with Gasteiger partial charge in [0.25, 0.3) is 0 Å². The highest BCUT2D eigenvalue weighted by atomic mass is 19.4. The van der Waals surface area contributed by atoms with Gasteiger partial charge in [0.2, 0.25) is 0 Å². The fourth-order valence-electron chi connectivity index (χ4n) is 4.86. The molecule has 0 amide bonds. The fraction of sp³-hybridized carbons (Fsp3) is 0.480. The number of imidazole rings is 1. The van der Waals surface area contributed by atoms with E-state index in [1.807, 2.05) is 6.92 Å². The van der Waals surface area contributed by atoms with Crippen LogP contribution >= 0.6 is 0 Å². The number of hydrogen-bond acceptors (Lipinski definition) is 4. The van der Waals surface area contributed by atoms with E-state index in [0.717, 1.165) is 18.2 Å². The van der Waals surface area contributed by atoms with E-state index in [-0.39, 0.29) is 48.3 Å². The summed E-state index contributed by atoms with van der Waals surface area (Å²) < 4.78 is 87.5. The van der Waals surface area contributed by atoms with E-state index in [9.17, 15) is 31.4 Å². The molecule has 3 aromatic rings. The molecule has 1 aliphatic rings. The van der Waals surface area contributed by atoms with E-state index in [1.54, 1.807) is 13.8 Å². The number of aliphatic hydroxyl groups is 1. The lowest BCUT2D eigenvalue weighted by Crippen LogP contribution is -2.53. The predicted molar refractivity (Wildman–Crippen MR) is 122 cm³/mol. The molecule has 2 heterocycles. The van der Waals surface area contributed by atoms with Crippen molar-refractivity contribution in [1.82, 2.24) is 14.9 Å². The molecule has 4 rings (SSSR count). The second-order valence-electron chi connectivity index (χ2n) is 9.67. The Bertz CT molecular complexity index is 1220. The van der Waals surface area contributed by atoms with Crippen molar-refractivity contribution in [3.05, 3.63) is 59.4 Å². The molecule has 1 saturated heterocycles. The molecule has 3 atom stereocenters. The lowest BCUT2D eigenvalue weighted by Gasteiger charge is -2.41. The van der Waals surface area contributed by atoms with Gasteiger partial charge in [-0.1, -0.05) is 12.1 Å². The monoisotopic (exact) mass is 515 g/mol. The standard InChI is InChI=1S/C25H27F6N3O2/c1-14(2)34-13-32-21-9-19(8-20(22(21)34)25(29,30)31)36-12-18-11-23(35,10-15(3)33-18)16-4-6-17(7-5-16)24(26,27)28/h4-9,13-15,18,33,35H,10-12H2,1-3H3. The van der Waals surface area contributed by atoms with Gasteiger partial charge in [-0.2, -0.15) is 26.3 Å². The van der Waals surface area contributed by atoms with Crippen molar-refractivity contribution in [1.29, 1.82) is 0 Å². The summed E-state index contributed by atoms with van der Waals surface area (Å²) in [5, 5.41) is 14.5. The maximum absolute atomic E-state index is 13.8. The van der Waals surface area contributed by atoms with E-state index < -0.39 is 35.1 Å². The zero-order chi connectivity index (χ0) is 26.5. The van der Waals surface area contributed by atoms with E-state index in [4.69, 9.17) is 4.74 Å². The van der Waals surface area contributed by atoms with Crippen molar-refractivity contribution in [3.63, 3.8) is 0 Å². The van der Waals surface area contributed by atoms with Crippen molar-refractivity contribution in [3.8, 4) is 5.75 Å². The molecule has 11 heteroatoms. The number of aromatic nitrogens is 2. The molecule has 2 N–H and O–H groups in total. The van der Waals surface area contributed by atoms with Gasteiger partial charge in [-0.25, -0.2) is 4.98 Å². The highest BCUT2D eigenvalue weighted by molar-refractivity contribution is 5.81. The number of halogens is 6. The number of benzene rings is 2. The van der Waals surface area contributed by atoms with Crippen LogP contribution in [-0.4, -0.2) is 33.3 Å². The van der Waals surface area contributed by atoms with Crippen LogP contribution in [0.15, 0.2) is 42.7 Å². The Morgan fingerprint density at radius 1 is 1.08 bits per heavy atom. The summed E-state index contributed by atoms with van der Waals surface area (Å²) in [4.78, 5) is 4.12. The minimum Gasteiger partial charge on any atom is -0.492 e. The summed E-state index contributed by atoms with van der Waals surface area (Å²) in [7, 11) is 0. The minimum atomic E-state index is -4.62. The van der Waals surface area contributed by atoms with Gasteiger partial charge in [0.1, 0.15) is 12.4 Å². The Morgan fingerprint density at radius 3 is 2.33 bits per heavy atom. The second-order valence-corrected chi connectivity index (χ2v) is 9.67. The molecule has 196 valence electrons. The van der Waals surface area contributed by atoms with Crippen molar-refractivity contribution in [2.45, 2.75) is 69.7 Å². The zero-order valence-electron chi connectivity index (χ0n) is 19.9. The Balaban J connectivity index is 1.55. The van der Waals surface area contributed by atoms with Crippen molar-refractivity contribution < 1.29 is 36.2 Å². The van der Waals surface area contributed by atoms with Gasteiger partial charge in [-0.3, -0.25) is 0 Å². The number of nitrogens with one attached hydrogen (secondary N) is 1. The SMILES string of the molecule is CC1CC(O)(c2ccc(C(F)(F)F)cc2)CC(COc2cc(C(F)(F)F)c3c(c2)ncn3C(C)C)N1. The molecule has 0 bridgehead atoms. The normalized spacial score (nSPS) is 23.4. The van der Waals surface area contributed by atoms with E-state index >= 15 is 0 Å². The number of rotatable bonds is 5. The van der Waals surface area contributed by atoms with Crippen LogP contribution in [0.2, 0.25) is 0 Å². The van der Waals surface area contributed by atoms with Crippen molar-refractivity contribution in [2.75, 3.05) is 6.61 Å². The van der Waals surface area contributed by atoms with Gasteiger partial charge in [-0.05, 0) is 57.4 Å². The topological polar surface area (TPSA) is 59.3 Å². The molecule has 1 fully saturated rings. The fourth-order valence-corrected chi connectivity index (χ4v) is 4.86. The van der Waals surface area contributed by atoms with Crippen LogP contribution < -0.4 is 10.1 Å². The predicted octanol–water partition coefficient (Wildman–Crippen LogP) is 6.06. The summed E-state index contributed by atoms with van der Waals surface area (Å²) in [6.45, 7) is 5.29. The quantitative estimate of drug-likeness (QED) is 0.406. The molecule has 0 spiro atoms. The first kappa shape index (κ1) is 26.3. The van der Waals surface area contributed by atoms with Gasteiger partial charge in [0.15, 0.2) is 0 Å². The Hall–Kier alpha value is -2.79. The summed E-state index contributed by atoms with van der Waals surface area (Å²) >= 11 is 0. The van der Waals surface area contributed by atoms with Crippen LogP contribution in [-0.2, 0) is 18.0 Å². The number of fused-ring (bicyclic) bond motifs is 1. The second kappa shape index (κ2) is 9.26. The lowest BCUT2D eigenvalue weighted by atomic mass is 9.79. The molecule has 36 heavy (non-hydrogen) atoms. The molecule has 2 aromatic carbocycles. The van der Waals surface area contributed by atoms with Gasteiger partial charge in [0, 0.05) is 24.2 Å².